The Morgan fingerprint density at radius 3 is 2.48 bits per heavy atom. The van der Waals surface area contributed by atoms with E-state index in [9.17, 15) is 9.90 Å². The van der Waals surface area contributed by atoms with Crippen molar-refractivity contribution in [2.24, 2.45) is 0 Å². The zero-order valence-corrected chi connectivity index (χ0v) is 24.2. The summed E-state index contributed by atoms with van der Waals surface area (Å²) in [4.78, 5) is 22.5. The van der Waals surface area contributed by atoms with Crippen molar-refractivity contribution in [3.63, 3.8) is 0 Å². The fraction of sp³-hybridized carbons (Fsp3) is 0.294. The van der Waals surface area contributed by atoms with Gasteiger partial charge in [-0.2, -0.15) is 0 Å². The Balaban J connectivity index is 1.56. The van der Waals surface area contributed by atoms with Crippen LogP contribution in [0.15, 0.2) is 77.3 Å². The number of esters is 1. The molecule has 42 heavy (non-hydrogen) atoms. The van der Waals surface area contributed by atoms with Gasteiger partial charge in [0.05, 0.1) is 12.6 Å². The molecule has 1 aliphatic heterocycles. The lowest BCUT2D eigenvalue weighted by atomic mass is 9.89. The molecule has 3 aromatic carbocycles. The predicted molar refractivity (Wildman–Crippen MR) is 162 cm³/mol. The van der Waals surface area contributed by atoms with Crippen LogP contribution in [0.25, 0.3) is 21.7 Å². The molecule has 0 radical (unpaired) electrons. The molecule has 0 spiro atoms. The summed E-state index contributed by atoms with van der Waals surface area (Å²) in [5, 5.41) is 14.0. The Labute approximate surface area is 245 Å². The molecule has 0 amide bonds. The summed E-state index contributed by atoms with van der Waals surface area (Å²) in [6.45, 7) is 7.44. The highest BCUT2D eigenvalue weighted by atomic mass is 16.5. The van der Waals surface area contributed by atoms with Gasteiger partial charge in [0.15, 0.2) is 0 Å². The van der Waals surface area contributed by atoms with Gasteiger partial charge in [-0.15, -0.1) is 0 Å². The van der Waals surface area contributed by atoms with E-state index in [0.717, 1.165) is 42.7 Å². The van der Waals surface area contributed by atoms with Gasteiger partial charge in [-0.05, 0) is 38.1 Å². The first kappa shape index (κ1) is 27.8. The lowest BCUT2D eigenvalue weighted by Crippen LogP contribution is -2.46. The Kier molecular flexibility index (Phi) is 7.82. The maximum Gasteiger partial charge on any atom is 0.342 e. The zero-order valence-electron chi connectivity index (χ0n) is 24.2. The van der Waals surface area contributed by atoms with Crippen LogP contribution in [0.2, 0.25) is 0 Å². The fourth-order valence-corrected chi connectivity index (χ4v) is 5.90. The number of phenols is 1. The molecule has 0 saturated carbocycles. The van der Waals surface area contributed by atoms with Crippen molar-refractivity contribution in [1.29, 1.82) is 0 Å². The smallest absolute Gasteiger partial charge is 0.342 e. The van der Waals surface area contributed by atoms with Gasteiger partial charge >= 0.3 is 5.97 Å². The van der Waals surface area contributed by atoms with Gasteiger partial charge in [0.1, 0.15) is 29.3 Å². The first-order valence-corrected chi connectivity index (χ1v) is 14.3. The second kappa shape index (κ2) is 11.8. The molecule has 3 heterocycles. The molecule has 216 valence electrons. The molecule has 1 aliphatic rings. The first-order valence-electron chi connectivity index (χ1n) is 14.3. The lowest BCUT2D eigenvalue weighted by Gasteiger charge is -2.39. The number of aryl methyl sites for hydroxylation is 1. The summed E-state index contributed by atoms with van der Waals surface area (Å²) in [5.74, 6) is 0.598. The average Bonchev–Trinajstić information content (AvgIpc) is 3.36. The van der Waals surface area contributed by atoms with E-state index in [2.05, 4.69) is 21.8 Å². The van der Waals surface area contributed by atoms with Gasteiger partial charge in [0.2, 0.25) is 5.88 Å². The highest BCUT2D eigenvalue weighted by Gasteiger charge is 2.35. The Hall–Kier alpha value is -4.40. The van der Waals surface area contributed by atoms with E-state index in [0.29, 0.717) is 45.7 Å². The van der Waals surface area contributed by atoms with Gasteiger partial charge < -0.3 is 23.9 Å². The molecular weight excluding hydrogens is 530 g/mol. The minimum absolute atomic E-state index is 0.122. The second-order valence-corrected chi connectivity index (χ2v) is 10.7. The van der Waals surface area contributed by atoms with E-state index < -0.39 is 12.0 Å². The third-order valence-corrected chi connectivity index (χ3v) is 8.00. The number of benzene rings is 3. The number of rotatable bonds is 8. The van der Waals surface area contributed by atoms with Crippen molar-refractivity contribution in [2.45, 2.75) is 26.5 Å². The molecule has 1 atom stereocenters. The summed E-state index contributed by atoms with van der Waals surface area (Å²) in [6, 6.07) is 21.0. The van der Waals surface area contributed by atoms with E-state index in [1.807, 2.05) is 66.7 Å². The number of aromatic nitrogens is 1. The predicted octanol–water partition coefficient (Wildman–Crippen LogP) is 6.09. The standard InChI is InChI=1S/C34H35N3O5/c1-4-40-34(39)28-22(2)42-33-26-13-9-8-12-25(26)32(38)30(29(28)33)31(37-18-16-36(3)17-19-37)24-14-15-35-27(20-24)41-21-23-10-6-5-7-11-23/h5-15,20,31,38H,4,16-19,21H2,1-3H3. The van der Waals surface area contributed by atoms with Crippen molar-refractivity contribution in [2.75, 3.05) is 39.8 Å². The number of hydrogen-bond donors (Lipinski definition) is 1. The van der Waals surface area contributed by atoms with Gasteiger partial charge in [-0.3, -0.25) is 4.90 Å². The minimum Gasteiger partial charge on any atom is -0.507 e. The van der Waals surface area contributed by atoms with E-state index >= 15 is 0 Å². The van der Waals surface area contributed by atoms with Crippen molar-refractivity contribution in [3.8, 4) is 11.6 Å². The molecule has 1 N–H and O–H groups in total. The maximum absolute atomic E-state index is 13.4. The normalized spacial score (nSPS) is 15.2. The van der Waals surface area contributed by atoms with Crippen molar-refractivity contribution < 1.29 is 23.8 Å². The van der Waals surface area contributed by atoms with E-state index in [4.69, 9.17) is 13.9 Å². The number of carbonyl (C=O) groups excluding carboxylic acids is 1. The number of likely N-dealkylation sites (N-methyl/N-ethyl adjacent to an activating group) is 1. The van der Waals surface area contributed by atoms with E-state index in [1.54, 1.807) is 20.0 Å². The summed E-state index contributed by atoms with van der Waals surface area (Å²) in [7, 11) is 2.11. The first-order chi connectivity index (χ1) is 20.5. The molecule has 0 bridgehead atoms. The molecule has 1 fully saturated rings. The van der Waals surface area contributed by atoms with Crippen LogP contribution in [0.1, 0.15) is 45.8 Å². The van der Waals surface area contributed by atoms with Crippen LogP contribution >= 0.6 is 0 Å². The Morgan fingerprint density at radius 2 is 1.74 bits per heavy atom. The number of nitrogens with zero attached hydrogens (tertiary/aromatic N) is 3. The minimum atomic E-state index is -0.469. The van der Waals surface area contributed by atoms with Crippen LogP contribution in [0, 0.1) is 6.92 Å². The molecule has 6 rings (SSSR count). The fourth-order valence-electron chi connectivity index (χ4n) is 5.90. The average molecular weight is 566 g/mol. The SMILES string of the molecule is CCOC(=O)c1c(C)oc2c1c(C(c1ccnc(OCc3ccccc3)c1)N1CCN(C)CC1)c(O)c1ccccc12. The third kappa shape index (κ3) is 5.19. The van der Waals surface area contributed by atoms with Gasteiger partial charge in [0.25, 0.3) is 0 Å². The number of aromatic hydroxyl groups is 1. The Bertz CT molecular complexity index is 1720. The molecule has 1 unspecified atom stereocenters. The van der Waals surface area contributed by atoms with Crippen molar-refractivity contribution in [3.05, 3.63) is 101 Å². The van der Waals surface area contributed by atoms with Gasteiger partial charge in [-0.25, -0.2) is 9.78 Å². The summed E-state index contributed by atoms with van der Waals surface area (Å²) < 4.78 is 17.9. The van der Waals surface area contributed by atoms with Crippen LogP contribution in [0.4, 0.5) is 0 Å². The summed E-state index contributed by atoms with van der Waals surface area (Å²) in [5.41, 5.74) is 3.47. The topological polar surface area (TPSA) is 88.3 Å². The summed E-state index contributed by atoms with van der Waals surface area (Å²) >= 11 is 0. The highest BCUT2D eigenvalue weighted by molar-refractivity contribution is 6.16. The third-order valence-electron chi connectivity index (χ3n) is 8.00. The van der Waals surface area contributed by atoms with Crippen LogP contribution in [-0.2, 0) is 11.3 Å². The molecule has 0 aliphatic carbocycles. The molecule has 5 aromatic rings. The number of pyridine rings is 1. The van der Waals surface area contributed by atoms with Crippen molar-refractivity contribution in [1.82, 2.24) is 14.8 Å². The second-order valence-electron chi connectivity index (χ2n) is 10.7. The van der Waals surface area contributed by atoms with Gasteiger partial charge in [-0.1, -0.05) is 54.6 Å². The number of piperazine rings is 1. The molecule has 8 heteroatoms. The summed E-state index contributed by atoms with van der Waals surface area (Å²) in [6.07, 6.45) is 1.74. The number of phenolic OH excluding ortho intramolecular Hbond substituents is 1. The number of fused-ring (bicyclic) bond motifs is 3. The van der Waals surface area contributed by atoms with Crippen LogP contribution in [-0.4, -0.2) is 65.7 Å². The highest BCUT2D eigenvalue weighted by Crippen LogP contribution is 2.47. The number of ether oxygens (including phenoxy) is 2. The van der Waals surface area contributed by atoms with Crippen LogP contribution in [0.3, 0.4) is 0 Å². The van der Waals surface area contributed by atoms with E-state index in [1.165, 1.54) is 0 Å². The monoisotopic (exact) mass is 565 g/mol. The Morgan fingerprint density at radius 1 is 1.02 bits per heavy atom. The molecule has 1 saturated heterocycles. The van der Waals surface area contributed by atoms with Crippen LogP contribution in [0.5, 0.6) is 11.6 Å². The largest absolute Gasteiger partial charge is 0.507 e. The maximum atomic E-state index is 13.4. The number of carbonyl (C=O) groups is 1. The quantitative estimate of drug-likeness (QED) is 0.226. The number of hydrogen-bond acceptors (Lipinski definition) is 8. The van der Waals surface area contributed by atoms with E-state index in [-0.39, 0.29) is 12.4 Å². The number of furan rings is 1. The van der Waals surface area contributed by atoms with Crippen LogP contribution < -0.4 is 4.74 Å². The zero-order chi connectivity index (χ0) is 29.2. The molecular formula is C34H35N3O5. The van der Waals surface area contributed by atoms with Crippen molar-refractivity contribution >= 4 is 27.7 Å². The molecule has 2 aromatic heterocycles. The lowest BCUT2D eigenvalue weighted by molar-refractivity contribution is 0.0526. The van der Waals surface area contributed by atoms with Gasteiger partial charge in [0, 0.05) is 60.2 Å². The molecule has 8 nitrogen and oxygen atoms in total.